The van der Waals surface area contributed by atoms with Crippen molar-refractivity contribution < 1.29 is 9.52 Å². The second kappa shape index (κ2) is 6.32. The van der Waals surface area contributed by atoms with Gasteiger partial charge in [0, 0.05) is 22.4 Å². The Labute approximate surface area is 183 Å². The van der Waals surface area contributed by atoms with Crippen molar-refractivity contribution in [3.8, 4) is 17.0 Å². The fourth-order valence-electron chi connectivity index (χ4n) is 5.03. The second-order valence-corrected chi connectivity index (χ2v) is 8.11. The van der Waals surface area contributed by atoms with Crippen LogP contribution in [0.4, 0.5) is 0 Å². The van der Waals surface area contributed by atoms with Crippen molar-refractivity contribution in [1.82, 2.24) is 4.98 Å². The molecule has 0 aliphatic rings. The zero-order valence-electron chi connectivity index (χ0n) is 17.0. The minimum atomic E-state index is 0.162. The van der Waals surface area contributed by atoms with Crippen LogP contribution >= 0.6 is 0 Å². The average molecular weight is 411 g/mol. The maximum Gasteiger partial charge on any atom is 0.148 e. The Kier molecular flexibility index (Phi) is 3.42. The van der Waals surface area contributed by atoms with Crippen LogP contribution in [0, 0.1) is 0 Å². The number of furan rings is 1. The molecule has 3 nitrogen and oxygen atoms in total. The molecule has 0 radical (unpaired) electrons. The number of phenols is 1. The lowest BCUT2D eigenvalue weighted by Crippen LogP contribution is -1.83. The van der Waals surface area contributed by atoms with Gasteiger partial charge in [0.2, 0.25) is 0 Å². The van der Waals surface area contributed by atoms with Gasteiger partial charge in [-0.1, -0.05) is 60.7 Å². The molecule has 150 valence electrons. The number of hydrogen-bond donors (Lipinski definition) is 1. The van der Waals surface area contributed by atoms with Crippen LogP contribution in [0.5, 0.6) is 5.75 Å². The first-order valence-electron chi connectivity index (χ1n) is 10.6. The lowest BCUT2D eigenvalue weighted by atomic mass is 9.93. The van der Waals surface area contributed by atoms with Gasteiger partial charge in [-0.15, -0.1) is 0 Å². The van der Waals surface area contributed by atoms with E-state index in [1.54, 1.807) is 12.3 Å². The van der Waals surface area contributed by atoms with Crippen molar-refractivity contribution in [2.24, 2.45) is 0 Å². The summed E-state index contributed by atoms with van der Waals surface area (Å²) in [4.78, 5) is 4.46. The van der Waals surface area contributed by atoms with E-state index in [-0.39, 0.29) is 5.75 Å². The lowest BCUT2D eigenvalue weighted by Gasteiger charge is -2.10. The van der Waals surface area contributed by atoms with E-state index >= 15 is 0 Å². The van der Waals surface area contributed by atoms with E-state index in [1.807, 2.05) is 24.3 Å². The monoisotopic (exact) mass is 411 g/mol. The molecule has 7 aromatic rings. The maximum absolute atomic E-state index is 10.7. The summed E-state index contributed by atoms with van der Waals surface area (Å²) < 4.78 is 6.59. The summed E-state index contributed by atoms with van der Waals surface area (Å²) in [7, 11) is 0. The van der Waals surface area contributed by atoms with E-state index < -0.39 is 0 Å². The van der Waals surface area contributed by atoms with Crippen molar-refractivity contribution >= 4 is 54.3 Å². The van der Waals surface area contributed by atoms with Crippen LogP contribution in [-0.2, 0) is 0 Å². The van der Waals surface area contributed by atoms with Gasteiger partial charge in [0.05, 0.1) is 11.3 Å². The largest absolute Gasteiger partial charge is 0.507 e. The number of pyridine rings is 1. The number of phenolic OH excluding ortho intramolecular Hbond substituents is 1. The van der Waals surface area contributed by atoms with Gasteiger partial charge in [-0.2, -0.15) is 0 Å². The first-order chi connectivity index (χ1) is 15.8. The van der Waals surface area contributed by atoms with Crippen LogP contribution in [-0.4, -0.2) is 10.1 Å². The van der Waals surface area contributed by atoms with Crippen LogP contribution in [0.25, 0.3) is 65.5 Å². The minimum Gasteiger partial charge on any atom is -0.507 e. The van der Waals surface area contributed by atoms with Crippen molar-refractivity contribution in [1.29, 1.82) is 0 Å². The number of aromatic hydroxyl groups is 1. The van der Waals surface area contributed by atoms with Gasteiger partial charge in [-0.3, -0.25) is 4.98 Å². The van der Waals surface area contributed by atoms with E-state index in [1.165, 1.54) is 16.2 Å². The van der Waals surface area contributed by atoms with Crippen LogP contribution in [0.2, 0.25) is 0 Å². The zero-order valence-corrected chi connectivity index (χ0v) is 17.0. The first-order valence-corrected chi connectivity index (χ1v) is 10.6. The smallest absolute Gasteiger partial charge is 0.148 e. The van der Waals surface area contributed by atoms with Crippen molar-refractivity contribution in [3.05, 3.63) is 97.2 Å². The van der Waals surface area contributed by atoms with Gasteiger partial charge in [0.25, 0.3) is 0 Å². The van der Waals surface area contributed by atoms with Crippen LogP contribution in [0.3, 0.4) is 0 Å². The Hall–Kier alpha value is -4.37. The standard InChI is InChI=1S/C29H17NO2/c31-25-15-14-23-22-13-12-21-19-9-2-1-7-17(19)18-8-3-4-10-20(18)26(21)28(22)32-29(23)27(25)24-11-5-6-16-30-24/h1-16,31H. The summed E-state index contributed by atoms with van der Waals surface area (Å²) in [5.74, 6) is 0.162. The van der Waals surface area contributed by atoms with Gasteiger partial charge >= 0.3 is 0 Å². The molecular weight excluding hydrogens is 394 g/mol. The predicted molar refractivity (Wildman–Crippen MR) is 131 cm³/mol. The lowest BCUT2D eigenvalue weighted by molar-refractivity contribution is 0.477. The number of rotatable bonds is 1. The van der Waals surface area contributed by atoms with Gasteiger partial charge in [-0.25, -0.2) is 0 Å². The molecule has 2 aromatic heterocycles. The Morgan fingerprint density at radius 1 is 0.531 bits per heavy atom. The highest BCUT2D eigenvalue weighted by atomic mass is 16.3. The quantitative estimate of drug-likeness (QED) is 0.280. The van der Waals surface area contributed by atoms with Gasteiger partial charge in [0.15, 0.2) is 0 Å². The van der Waals surface area contributed by atoms with E-state index in [2.05, 4.69) is 65.6 Å². The number of nitrogens with zero attached hydrogens (tertiary/aromatic N) is 1. The summed E-state index contributed by atoms with van der Waals surface area (Å²) >= 11 is 0. The number of hydrogen-bond acceptors (Lipinski definition) is 3. The van der Waals surface area contributed by atoms with E-state index in [0.29, 0.717) is 16.8 Å². The molecule has 32 heavy (non-hydrogen) atoms. The Morgan fingerprint density at radius 3 is 1.81 bits per heavy atom. The molecule has 0 aliphatic carbocycles. The molecule has 0 aliphatic heterocycles. The van der Waals surface area contributed by atoms with Gasteiger partial charge < -0.3 is 9.52 Å². The predicted octanol–water partition coefficient (Wildman–Crippen LogP) is 7.81. The molecule has 0 saturated heterocycles. The second-order valence-electron chi connectivity index (χ2n) is 8.11. The molecule has 0 bridgehead atoms. The topological polar surface area (TPSA) is 46.3 Å². The summed E-state index contributed by atoms with van der Waals surface area (Å²) in [5.41, 5.74) is 2.80. The van der Waals surface area contributed by atoms with Gasteiger partial charge in [0.1, 0.15) is 16.9 Å². The number of benzene rings is 5. The molecule has 1 N–H and O–H groups in total. The third-order valence-electron chi connectivity index (χ3n) is 6.41. The normalized spacial score (nSPS) is 11.9. The maximum atomic E-state index is 10.7. The number of aromatic nitrogens is 1. The highest BCUT2D eigenvalue weighted by Crippen LogP contribution is 2.45. The molecule has 0 amide bonds. The SMILES string of the molecule is Oc1ccc2c(oc3c2ccc2c4ccccc4c4ccccc4c23)c1-c1ccccn1. The Bertz CT molecular complexity index is 1800. The molecule has 0 atom stereocenters. The molecular formula is C29H17NO2. The first kappa shape index (κ1) is 17.3. The fraction of sp³-hybridized carbons (Fsp3) is 0. The molecule has 7 rings (SSSR count). The minimum absolute atomic E-state index is 0.162. The van der Waals surface area contributed by atoms with Crippen LogP contribution < -0.4 is 0 Å². The van der Waals surface area contributed by atoms with E-state index in [0.717, 1.165) is 32.5 Å². The van der Waals surface area contributed by atoms with Gasteiger partial charge in [-0.05, 0) is 57.3 Å². The molecule has 0 fully saturated rings. The van der Waals surface area contributed by atoms with Crippen LogP contribution in [0.1, 0.15) is 0 Å². The highest BCUT2D eigenvalue weighted by molar-refractivity contribution is 6.32. The van der Waals surface area contributed by atoms with E-state index in [4.69, 9.17) is 4.42 Å². The summed E-state index contributed by atoms with van der Waals surface area (Å²) in [6.45, 7) is 0. The molecule has 0 unspecified atom stereocenters. The molecule has 2 heterocycles. The Morgan fingerprint density at radius 2 is 1.09 bits per heavy atom. The van der Waals surface area contributed by atoms with Crippen LogP contribution in [0.15, 0.2) is 102 Å². The molecule has 0 spiro atoms. The van der Waals surface area contributed by atoms with E-state index in [9.17, 15) is 5.11 Å². The van der Waals surface area contributed by atoms with Crippen molar-refractivity contribution in [3.63, 3.8) is 0 Å². The fourth-order valence-corrected chi connectivity index (χ4v) is 5.03. The summed E-state index contributed by atoms with van der Waals surface area (Å²) in [6, 6.07) is 30.6. The highest BCUT2D eigenvalue weighted by Gasteiger charge is 2.20. The van der Waals surface area contributed by atoms with Crippen molar-refractivity contribution in [2.45, 2.75) is 0 Å². The molecule has 3 heteroatoms. The zero-order chi connectivity index (χ0) is 21.2. The molecule has 5 aromatic carbocycles. The average Bonchev–Trinajstić information content (AvgIpc) is 3.23. The third-order valence-corrected chi connectivity index (χ3v) is 6.41. The summed E-state index contributed by atoms with van der Waals surface area (Å²) in [6.07, 6.45) is 1.73. The number of fused-ring (bicyclic) bond motifs is 10. The Balaban J connectivity index is 1.74. The summed E-state index contributed by atoms with van der Waals surface area (Å²) in [5, 5.41) is 19.8. The third kappa shape index (κ3) is 2.22. The molecule has 0 saturated carbocycles. The van der Waals surface area contributed by atoms with Crippen molar-refractivity contribution in [2.75, 3.05) is 0 Å².